The van der Waals surface area contributed by atoms with Crippen LogP contribution < -0.4 is 5.32 Å². The van der Waals surface area contributed by atoms with Crippen LogP contribution in [-0.4, -0.2) is 47.1 Å². The lowest BCUT2D eigenvalue weighted by Crippen LogP contribution is -2.41. The lowest BCUT2D eigenvalue weighted by molar-refractivity contribution is -0.136. The van der Waals surface area contributed by atoms with Crippen molar-refractivity contribution >= 4 is 28.7 Å². The van der Waals surface area contributed by atoms with Crippen molar-refractivity contribution in [2.75, 3.05) is 13.1 Å². The molecule has 0 saturated carbocycles. The second kappa shape index (κ2) is 6.19. The van der Waals surface area contributed by atoms with E-state index >= 15 is 0 Å². The number of nitrogens with zero attached hydrogens (tertiary/aromatic N) is 1. The molecule has 0 unspecified atom stereocenters. The van der Waals surface area contributed by atoms with Gasteiger partial charge in [-0.15, -0.1) is 0 Å². The number of carbonyl (C=O) groups excluding carboxylic acids is 3. The van der Waals surface area contributed by atoms with Crippen molar-refractivity contribution in [3.05, 3.63) is 42.0 Å². The predicted molar refractivity (Wildman–Crippen MR) is 85.6 cm³/mol. The zero-order chi connectivity index (χ0) is 17.3. The number of benzene rings is 2. The zero-order valence-electron chi connectivity index (χ0n) is 13.0. The predicted octanol–water partition coefficient (Wildman–Crippen LogP) is 1.64. The second-order valence-electron chi connectivity index (χ2n) is 5.49. The maximum Gasteiger partial charge on any atom is 0.342 e. The van der Waals surface area contributed by atoms with E-state index in [-0.39, 0.29) is 17.9 Å². The van der Waals surface area contributed by atoms with Crippen LogP contribution in [0.25, 0.3) is 10.8 Å². The largest absolute Gasteiger partial charge is 0.507 e. The average molecular weight is 328 g/mol. The quantitative estimate of drug-likeness (QED) is 0.835. The maximum atomic E-state index is 12.3. The molecule has 0 aromatic heterocycles. The highest BCUT2D eigenvalue weighted by atomic mass is 16.5. The molecule has 2 N–H and O–H groups in total. The number of phenols is 1. The third-order valence-electron chi connectivity index (χ3n) is 3.84. The van der Waals surface area contributed by atoms with Crippen molar-refractivity contribution in [3.8, 4) is 5.75 Å². The molecule has 7 nitrogen and oxygen atoms in total. The number of hydrogen-bond acceptors (Lipinski definition) is 5. The summed E-state index contributed by atoms with van der Waals surface area (Å²) in [5, 5.41) is 14.1. The van der Waals surface area contributed by atoms with Gasteiger partial charge in [0.05, 0.1) is 0 Å². The van der Waals surface area contributed by atoms with Gasteiger partial charge in [-0.05, 0) is 29.8 Å². The first-order valence-electron chi connectivity index (χ1n) is 7.49. The van der Waals surface area contributed by atoms with Crippen LogP contribution in [-0.2, 0) is 9.53 Å². The van der Waals surface area contributed by atoms with E-state index in [1.54, 1.807) is 6.07 Å². The van der Waals surface area contributed by atoms with Gasteiger partial charge in [-0.3, -0.25) is 9.69 Å². The number of phenolic OH excluding ortho intramolecular Hbond substituents is 1. The number of urea groups is 1. The molecule has 3 amide bonds. The van der Waals surface area contributed by atoms with Crippen molar-refractivity contribution in [2.45, 2.75) is 13.0 Å². The van der Waals surface area contributed by atoms with Gasteiger partial charge in [-0.25, -0.2) is 9.59 Å². The standard InChI is InChI=1S/C17H16N2O5/c1-10(15(21)19-7-6-18-17(19)23)24-16(22)13-8-11-4-2-3-5-12(11)9-14(13)20/h2-5,8-10,20H,6-7H2,1H3,(H,18,23)/t10-/m1/s1. The Kier molecular flexibility index (Phi) is 4.07. The van der Waals surface area contributed by atoms with Gasteiger partial charge in [0.1, 0.15) is 11.3 Å². The number of aromatic hydroxyl groups is 1. The monoisotopic (exact) mass is 328 g/mol. The van der Waals surface area contributed by atoms with Gasteiger partial charge in [0.15, 0.2) is 6.10 Å². The summed E-state index contributed by atoms with van der Waals surface area (Å²) in [6, 6.07) is 9.71. The number of fused-ring (bicyclic) bond motifs is 1. The van der Waals surface area contributed by atoms with Crippen LogP contribution in [0, 0.1) is 0 Å². The molecule has 0 radical (unpaired) electrons. The highest BCUT2D eigenvalue weighted by Gasteiger charge is 2.32. The van der Waals surface area contributed by atoms with Crippen molar-refractivity contribution < 1.29 is 24.2 Å². The number of rotatable bonds is 3. The summed E-state index contributed by atoms with van der Waals surface area (Å²) in [5.41, 5.74) is -0.0285. The molecule has 0 aliphatic carbocycles. The van der Waals surface area contributed by atoms with Gasteiger partial charge in [0.2, 0.25) is 0 Å². The molecule has 7 heteroatoms. The first-order chi connectivity index (χ1) is 11.5. The van der Waals surface area contributed by atoms with Crippen LogP contribution in [0.1, 0.15) is 17.3 Å². The molecular formula is C17H16N2O5. The fourth-order valence-electron chi connectivity index (χ4n) is 2.57. The van der Waals surface area contributed by atoms with Crippen molar-refractivity contribution in [3.63, 3.8) is 0 Å². The highest BCUT2D eigenvalue weighted by molar-refractivity contribution is 6.01. The van der Waals surface area contributed by atoms with E-state index in [9.17, 15) is 19.5 Å². The molecule has 1 aliphatic rings. The van der Waals surface area contributed by atoms with Crippen LogP contribution in [0.15, 0.2) is 36.4 Å². The molecule has 1 fully saturated rings. The molecular weight excluding hydrogens is 312 g/mol. The number of nitrogens with one attached hydrogen (secondary N) is 1. The van der Waals surface area contributed by atoms with E-state index in [0.717, 1.165) is 15.7 Å². The maximum absolute atomic E-state index is 12.3. The molecule has 1 atom stereocenters. The van der Waals surface area contributed by atoms with E-state index in [0.29, 0.717) is 6.54 Å². The Bertz CT molecular complexity index is 833. The normalized spacial score (nSPS) is 15.2. The van der Waals surface area contributed by atoms with Crippen molar-refractivity contribution in [2.24, 2.45) is 0 Å². The fourth-order valence-corrected chi connectivity index (χ4v) is 2.57. The fraction of sp³-hybridized carbons (Fsp3) is 0.235. The number of esters is 1. The van der Waals surface area contributed by atoms with Crippen molar-refractivity contribution in [1.29, 1.82) is 0 Å². The Labute approximate surface area is 137 Å². The summed E-state index contributed by atoms with van der Waals surface area (Å²) < 4.78 is 5.12. The Morgan fingerprint density at radius 1 is 1.25 bits per heavy atom. The van der Waals surface area contributed by atoms with Gasteiger partial charge < -0.3 is 15.2 Å². The Morgan fingerprint density at radius 3 is 2.54 bits per heavy atom. The Hall–Kier alpha value is -3.09. The van der Waals surface area contributed by atoms with Crippen LogP contribution in [0.3, 0.4) is 0 Å². The van der Waals surface area contributed by atoms with Gasteiger partial charge >= 0.3 is 12.0 Å². The van der Waals surface area contributed by atoms with Crippen molar-refractivity contribution in [1.82, 2.24) is 10.2 Å². The number of amides is 3. The first-order valence-corrected chi connectivity index (χ1v) is 7.49. The van der Waals surface area contributed by atoms with Crippen LogP contribution in [0.2, 0.25) is 0 Å². The Balaban J connectivity index is 1.78. The number of imide groups is 1. The summed E-state index contributed by atoms with van der Waals surface area (Å²) in [6.07, 6.45) is -1.13. The lowest BCUT2D eigenvalue weighted by Gasteiger charge is -2.18. The minimum atomic E-state index is -1.13. The molecule has 0 spiro atoms. The van der Waals surface area contributed by atoms with Gasteiger partial charge in [-0.1, -0.05) is 24.3 Å². The van der Waals surface area contributed by atoms with E-state index in [1.807, 2.05) is 18.2 Å². The first kappa shape index (κ1) is 15.8. The minimum Gasteiger partial charge on any atom is -0.507 e. The number of carbonyl (C=O) groups is 3. The molecule has 3 rings (SSSR count). The van der Waals surface area contributed by atoms with Gasteiger partial charge in [0, 0.05) is 13.1 Å². The van der Waals surface area contributed by atoms with E-state index in [4.69, 9.17) is 4.74 Å². The van der Waals surface area contributed by atoms with Gasteiger partial charge in [0.25, 0.3) is 5.91 Å². The Morgan fingerprint density at radius 2 is 1.92 bits per heavy atom. The number of hydrogen-bond donors (Lipinski definition) is 2. The summed E-state index contributed by atoms with van der Waals surface area (Å²) in [4.78, 5) is 36.9. The summed E-state index contributed by atoms with van der Waals surface area (Å²) >= 11 is 0. The molecule has 24 heavy (non-hydrogen) atoms. The SMILES string of the molecule is C[C@@H](OC(=O)c1cc2ccccc2cc1O)C(=O)N1CCNC1=O. The van der Waals surface area contributed by atoms with Crippen LogP contribution >= 0.6 is 0 Å². The van der Waals surface area contributed by atoms with Crippen LogP contribution in [0.5, 0.6) is 5.75 Å². The van der Waals surface area contributed by atoms with Gasteiger partial charge in [-0.2, -0.15) is 0 Å². The molecule has 1 saturated heterocycles. The molecule has 1 aliphatic heterocycles. The molecule has 0 bridgehead atoms. The second-order valence-corrected chi connectivity index (χ2v) is 5.49. The van der Waals surface area contributed by atoms with E-state index < -0.39 is 24.0 Å². The average Bonchev–Trinajstić information content (AvgIpc) is 2.99. The molecule has 124 valence electrons. The smallest absolute Gasteiger partial charge is 0.342 e. The third-order valence-corrected chi connectivity index (χ3v) is 3.84. The number of ether oxygens (including phenoxy) is 1. The summed E-state index contributed by atoms with van der Waals surface area (Å²) in [5.74, 6) is -1.64. The molecule has 1 heterocycles. The molecule has 2 aromatic carbocycles. The molecule has 2 aromatic rings. The topological polar surface area (TPSA) is 95.9 Å². The highest BCUT2D eigenvalue weighted by Crippen LogP contribution is 2.26. The summed E-state index contributed by atoms with van der Waals surface area (Å²) in [7, 11) is 0. The van der Waals surface area contributed by atoms with E-state index in [1.165, 1.54) is 19.1 Å². The lowest BCUT2D eigenvalue weighted by atomic mass is 10.1. The van der Waals surface area contributed by atoms with Crippen LogP contribution in [0.4, 0.5) is 4.79 Å². The third kappa shape index (κ3) is 2.88. The zero-order valence-corrected chi connectivity index (χ0v) is 13.0. The van der Waals surface area contributed by atoms with E-state index in [2.05, 4.69) is 5.32 Å². The minimum absolute atomic E-state index is 0.0285. The summed E-state index contributed by atoms with van der Waals surface area (Å²) in [6.45, 7) is 2.00.